The summed E-state index contributed by atoms with van der Waals surface area (Å²) in [5.74, 6) is 2.44. The van der Waals surface area contributed by atoms with Gasteiger partial charge in [0.2, 0.25) is 0 Å². The Morgan fingerprint density at radius 2 is 1.85 bits per heavy atom. The monoisotopic (exact) mass is 178 g/mol. The number of hydrogen-bond donors (Lipinski definition) is 0. The van der Waals surface area contributed by atoms with Crippen LogP contribution in [-0.2, 0) is 0 Å². The fraction of sp³-hybridized carbons (Fsp3) is 0.833. The molecule has 0 nitrogen and oxygen atoms in total. The Morgan fingerprint density at radius 3 is 2.15 bits per heavy atom. The molecule has 0 bridgehead atoms. The van der Waals surface area contributed by atoms with Crippen molar-refractivity contribution >= 4 is 7.85 Å². The summed E-state index contributed by atoms with van der Waals surface area (Å²) in [6.45, 7) is 9.34. The average Bonchev–Trinajstić information content (AvgIpc) is 2.03. The second-order valence-corrected chi connectivity index (χ2v) is 5.84. The maximum Gasteiger partial charge on any atom is 0.109 e. The molecule has 0 aromatic carbocycles. The quantitative estimate of drug-likeness (QED) is 0.450. The van der Waals surface area contributed by atoms with E-state index in [9.17, 15) is 0 Å². The molecule has 0 amide bonds. The second kappa shape index (κ2) is 3.90. The summed E-state index contributed by atoms with van der Waals surface area (Å²) in [4.78, 5) is 0. The van der Waals surface area contributed by atoms with Crippen molar-refractivity contribution in [3.63, 3.8) is 0 Å². The Bertz CT molecular complexity index is 186. The lowest BCUT2D eigenvalue weighted by Gasteiger charge is -2.33. The molecular formula is C12H23B. The van der Waals surface area contributed by atoms with Gasteiger partial charge in [0, 0.05) is 0 Å². The first kappa shape index (κ1) is 10.9. The van der Waals surface area contributed by atoms with Crippen LogP contribution in [0.5, 0.6) is 0 Å². The minimum atomic E-state index is 0.457. The maximum absolute atomic E-state index is 2.45. The van der Waals surface area contributed by atoms with Gasteiger partial charge in [0.25, 0.3) is 0 Å². The van der Waals surface area contributed by atoms with E-state index in [1.54, 1.807) is 0 Å². The first-order valence-electron chi connectivity index (χ1n) is 5.59. The molecule has 0 heterocycles. The largest absolute Gasteiger partial charge is 0.109 e. The fourth-order valence-corrected chi connectivity index (χ4v) is 2.12. The summed E-state index contributed by atoms with van der Waals surface area (Å²) >= 11 is 0. The lowest BCUT2D eigenvalue weighted by atomic mass is 9.60. The third-order valence-corrected chi connectivity index (χ3v) is 3.37. The zero-order chi connectivity index (χ0) is 10.1. The molecule has 2 atom stereocenters. The van der Waals surface area contributed by atoms with Crippen LogP contribution in [0.15, 0.2) is 12.2 Å². The Labute approximate surface area is 84.2 Å². The molecule has 13 heavy (non-hydrogen) atoms. The maximum atomic E-state index is 2.45. The third kappa shape index (κ3) is 2.89. The molecule has 0 radical (unpaired) electrons. The van der Waals surface area contributed by atoms with Crippen LogP contribution < -0.4 is 0 Å². The van der Waals surface area contributed by atoms with Crippen LogP contribution in [-0.4, -0.2) is 7.85 Å². The first-order valence-corrected chi connectivity index (χ1v) is 5.59. The highest BCUT2D eigenvalue weighted by molar-refractivity contribution is 6.14. The molecule has 0 fully saturated rings. The average molecular weight is 178 g/mol. The van der Waals surface area contributed by atoms with Crippen LogP contribution in [0.25, 0.3) is 0 Å². The Balaban J connectivity index is 2.57. The Morgan fingerprint density at radius 1 is 1.23 bits per heavy atom. The zero-order valence-corrected chi connectivity index (χ0v) is 9.80. The van der Waals surface area contributed by atoms with Crippen LogP contribution in [0.1, 0.15) is 40.5 Å². The molecule has 0 saturated heterocycles. The van der Waals surface area contributed by atoms with Gasteiger partial charge in [0.1, 0.15) is 7.85 Å². The molecular weight excluding hydrogens is 155 g/mol. The molecule has 0 aromatic heterocycles. The van der Waals surface area contributed by atoms with Gasteiger partial charge in [-0.05, 0) is 30.6 Å². The van der Waals surface area contributed by atoms with E-state index >= 15 is 0 Å². The van der Waals surface area contributed by atoms with Crippen molar-refractivity contribution in [3.05, 3.63) is 12.2 Å². The van der Waals surface area contributed by atoms with Crippen molar-refractivity contribution in [2.45, 2.75) is 45.9 Å². The van der Waals surface area contributed by atoms with Crippen LogP contribution in [0, 0.1) is 17.8 Å². The minimum Gasteiger partial charge on any atom is -0.0853 e. The summed E-state index contributed by atoms with van der Waals surface area (Å²) in [6.07, 6.45) is 7.66. The van der Waals surface area contributed by atoms with Gasteiger partial charge in [-0.25, -0.2) is 0 Å². The third-order valence-electron chi connectivity index (χ3n) is 3.37. The van der Waals surface area contributed by atoms with Crippen molar-refractivity contribution in [2.75, 3.05) is 0 Å². The molecule has 74 valence electrons. The molecule has 2 unspecified atom stereocenters. The molecule has 0 saturated carbocycles. The summed E-state index contributed by atoms with van der Waals surface area (Å²) in [7, 11) is 2.34. The van der Waals surface area contributed by atoms with Crippen LogP contribution >= 0.6 is 0 Å². The minimum absolute atomic E-state index is 0.457. The normalized spacial score (nSPS) is 29.6. The predicted molar refractivity (Wildman–Crippen MR) is 62.8 cm³/mol. The summed E-state index contributed by atoms with van der Waals surface area (Å²) in [5, 5.41) is 0.457. The Kier molecular flexibility index (Phi) is 3.26. The summed E-state index contributed by atoms with van der Waals surface area (Å²) in [5.41, 5.74) is 0. The van der Waals surface area contributed by atoms with E-state index in [0.717, 1.165) is 17.8 Å². The van der Waals surface area contributed by atoms with Crippen molar-refractivity contribution in [1.29, 1.82) is 0 Å². The number of hydrogen-bond acceptors (Lipinski definition) is 0. The van der Waals surface area contributed by atoms with Crippen molar-refractivity contribution in [1.82, 2.24) is 0 Å². The molecule has 0 N–H and O–H groups in total. The topological polar surface area (TPSA) is 0 Å². The molecule has 1 rings (SSSR count). The van der Waals surface area contributed by atoms with Gasteiger partial charge < -0.3 is 0 Å². The van der Waals surface area contributed by atoms with Gasteiger partial charge in [0.15, 0.2) is 0 Å². The smallest absolute Gasteiger partial charge is 0.0853 e. The van der Waals surface area contributed by atoms with Crippen molar-refractivity contribution in [3.8, 4) is 0 Å². The van der Waals surface area contributed by atoms with Gasteiger partial charge in [0.05, 0.1) is 0 Å². The van der Waals surface area contributed by atoms with Gasteiger partial charge in [-0.1, -0.05) is 45.2 Å². The molecule has 0 aliphatic heterocycles. The second-order valence-electron chi connectivity index (χ2n) is 5.84. The van der Waals surface area contributed by atoms with E-state index in [1.807, 2.05) is 0 Å². The van der Waals surface area contributed by atoms with E-state index in [1.165, 1.54) is 12.8 Å². The van der Waals surface area contributed by atoms with Gasteiger partial charge in [-0.3, -0.25) is 0 Å². The highest BCUT2D eigenvalue weighted by Crippen LogP contribution is 2.40. The van der Waals surface area contributed by atoms with Gasteiger partial charge >= 0.3 is 0 Å². The molecule has 1 heteroatoms. The first-order chi connectivity index (χ1) is 5.91. The molecule has 0 spiro atoms. The number of allylic oxidation sites excluding steroid dienone is 2. The van der Waals surface area contributed by atoms with E-state index in [-0.39, 0.29) is 0 Å². The van der Waals surface area contributed by atoms with Crippen LogP contribution in [0.4, 0.5) is 0 Å². The summed E-state index contributed by atoms with van der Waals surface area (Å²) in [6, 6.07) is 0. The molecule has 1 aliphatic rings. The van der Waals surface area contributed by atoms with E-state index in [2.05, 4.69) is 47.7 Å². The van der Waals surface area contributed by atoms with Gasteiger partial charge in [-0.2, -0.15) is 0 Å². The van der Waals surface area contributed by atoms with E-state index < -0.39 is 0 Å². The summed E-state index contributed by atoms with van der Waals surface area (Å²) < 4.78 is 0. The predicted octanol–water partition coefficient (Wildman–Crippen LogP) is 3.06. The lowest BCUT2D eigenvalue weighted by molar-refractivity contribution is 0.340. The van der Waals surface area contributed by atoms with Crippen LogP contribution in [0.2, 0.25) is 5.31 Å². The number of rotatable bonds is 2. The Hall–Kier alpha value is -0.195. The van der Waals surface area contributed by atoms with Crippen LogP contribution in [0.3, 0.4) is 0 Å². The zero-order valence-electron chi connectivity index (χ0n) is 9.80. The highest BCUT2D eigenvalue weighted by atomic mass is 14.3. The van der Waals surface area contributed by atoms with Crippen molar-refractivity contribution < 1.29 is 0 Å². The standard InChI is InChI=1S/C12H23B/c1-9(2)10-5-7-11(8-6-10)12(3,4)13/h5,7,9-11H,6,8,13H2,1-4H3. The fourth-order valence-electron chi connectivity index (χ4n) is 2.12. The lowest BCUT2D eigenvalue weighted by Crippen LogP contribution is -2.21. The van der Waals surface area contributed by atoms with Gasteiger partial charge in [-0.15, -0.1) is 0 Å². The molecule has 0 aromatic rings. The SMILES string of the molecule is BC(C)(C)C1C=CC(C(C)C)CC1. The van der Waals surface area contributed by atoms with E-state index in [0.29, 0.717) is 5.31 Å². The van der Waals surface area contributed by atoms with Crippen molar-refractivity contribution in [2.24, 2.45) is 17.8 Å². The highest BCUT2D eigenvalue weighted by Gasteiger charge is 2.26. The molecule has 1 aliphatic carbocycles. The van der Waals surface area contributed by atoms with E-state index in [4.69, 9.17) is 0 Å².